The Kier molecular flexibility index (Phi) is 3.82. The predicted molar refractivity (Wildman–Crippen MR) is 97.6 cm³/mol. The minimum atomic E-state index is -0.497. The van der Waals surface area contributed by atoms with Gasteiger partial charge in [-0.25, -0.2) is 9.18 Å². The molecule has 0 atom stereocenters. The van der Waals surface area contributed by atoms with Crippen molar-refractivity contribution in [2.24, 2.45) is 0 Å². The Hall–Kier alpha value is -2.99. The first-order chi connectivity index (χ1) is 12.1. The number of aromatic amines is 1. The second-order valence-electron chi connectivity index (χ2n) is 5.67. The Morgan fingerprint density at radius 3 is 2.56 bits per heavy atom. The second-order valence-corrected chi connectivity index (χ2v) is 6.72. The van der Waals surface area contributed by atoms with Gasteiger partial charge < -0.3 is 0 Å². The molecule has 0 fully saturated rings. The van der Waals surface area contributed by atoms with Gasteiger partial charge in [-0.15, -0.1) is 11.3 Å². The molecule has 0 amide bonds. The zero-order valence-corrected chi connectivity index (χ0v) is 13.8. The van der Waals surface area contributed by atoms with E-state index in [1.165, 1.54) is 23.5 Å². The fourth-order valence-corrected chi connectivity index (χ4v) is 3.80. The molecule has 25 heavy (non-hydrogen) atoms. The lowest BCUT2D eigenvalue weighted by atomic mass is 10.2. The van der Waals surface area contributed by atoms with Crippen molar-refractivity contribution >= 4 is 21.6 Å². The number of rotatable bonds is 3. The molecule has 0 radical (unpaired) electrons. The first-order valence-corrected chi connectivity index (χ1v) is 8.50. The van der Waals surface area contributed by atoms with Gasteiger partial charge in [0.25, 0.3) is 5.56 Å². The molecule has 0 aliphatic carbocycles. The van der Waals surface area contributed by atoms with Crippen LogP contribution in [-0.2, 0) is 6.54 Å². The molecular formula is C19H13FN2O2S. The summed E-state index contributed by atoms with van der Waals surface area (Å²) in [4.78, 5) is 29.3. The fraction of sp³-hybridized carbons (Fsp3) is 0.0526. The first-order valence-electron chi connectivity index (χ1n) is 7.68. The molecule has 0 aliphatic heterocycles. The molecule has 0 saturated heterocycles. The van der Waals surface area contributed by atoms with Crippen molar-refractivity contribution in [3.05, 3.63) is 92.9 Å². The van der Waals surface area contributed by atoms with Crippen LogP contribution < -0.4 is 11.2 Å². The van der Waals surface area contributed by atoms with E-state index in [1.807, 2.05) is 30.3 Å². The summed E-state index contributed by atoms with van der Waals surface area (Å²) < 4.78 is 14.4. The SMILES string of the molecule is O=c1[nH]c2sc(-c3ccccc3)cc2c(=O)n1Cc1cccc(F)c1. The zero-order chi connectivity index (χ0) is 17.4. The van der Waals surface area contributed by atoms with E-state index in [-0.39, 0.29) is 12.1 Å². The van der Waals surface area contributed by atoms with Crippen LogP contribution in [-0.4, -0.2) is 9.55 Å². The van der Waals surface area contributed by atoms with Crippen molar-refractivity contribution in [1.82, 2.24) is 9.55 Å². The van der Waals surface area contributed by atoms with Gasteiger partial charge >= 0.3 is 5.69 Å². The standard InChI is InChI=1S/C19H13FN2O2S/c20-14-8-4-5-12(9-14)11-22-18(23)15-10-16(13-6-2-1-3-7-13)25-17(15)21-19(22)24/h1-10H,11H2,(H,21,24). The maximum Gasteiger partial charge on any atom is 0.329 e. The van der Waals surface area contributed by atoms with Crippen molar-refractivity contribution in [3.8, 4) is 10.4 Å². The zero-order valence-electron chi connectivity index (χ0n) is 13.0. The van der Waals surface area contributed by atoms with Crippen molar-refractivity contribution in [2.75, 3.05) is 0 Å². The molecule has 4 nitrogen and oxygen atoms in total. The summed E-state index contributed by atoms with van der Waals surface area (Å²) >= 11 is 1.37. The number of benzene rings is 2. The van der Waals surface area contributed by atoms with E-state index in [0.717, 1.165) is 15.0 Å². The first kappa shape index (κ1) is 15.5. The van der Waals surface area contributed by atoms with Gasteiger partial charge in [0.15, 0.2) is 0 Å². The predicted octanol–water partition coefficient (Wildman–Crippen LogP) is 3.61. The number of aromatic nitrogens is 2. The molecule has 124 valence electrons. The summed E-state index contributed by atoms with van der Waals surface area (Å²) in [6.07, 6.45) is 0. The summed E-state index contributed by atoms with van der Waals surface area (Å²) in [5, 5.41) is 0.458. The van der Waals surface area contributed by atoms with Crippen LogP contribution in [0.1, 0.15) is 5.56 Å². The van der Waals surface area contributed by atoms with Crippen LogP contribution in [0.2, 0.25) is 0 Å². The highest BCUT2D eigenvalue weighted by Crippen LogP contribution is 2.30. The van der Waals surface area contributed by atoms with Gasteiger partial charge in [-0.05, 0) is 29.3 Å². The van der Waals surface area contributed by atoms with Crippen LogP contribution in [0.25, 0.3) is 20.7 Å². The summed E-state index contributed by atoms with van der Waals surface area (Å²) in [6.45, 7) is 0.0262. The molecule has 0 saturated carbocycles. The summed E-state index contributed by atoms with van der Waals surface area (Å²) in [5.41, 5.74) is 0.677. The van der Waals surface area contributed by atoms with E-state index in [2.05, 4.69) is 4.98 Å². The monoisotopic (exact) mass is 352 g/mol. The van der Waals surface area contributed by atoms with E-state index in [9.17, 15) is 14.0 Å². The fourth-order valence-electron chi connectivity index (χ4n) is 2.75. The maximum absolute atomic E-state index is 13.3. The smallest absolute Gasteiger partial charge is 0.298 e. The molecule has 2 aromatic carbocycles. The van der Waals surface area contributed by atoms with Crippen molar-refractivity contribution in [3.63, 3.8) is 0 Å². The molecule has 0 spiro atoms. The van der Waals surface area contributed by atoms with Gasteiger partial charge in [-0.2, -0.15) is 0 Å². The van der Waals surface area contributed by atoms with Gasteiger partial charge in [-0.3, -0.25) is 14.3 Å². The minimum Gasteiger partial charge on any atom is -0.298 e. The Morgan fingerprint density at radius 1 is 1.00 bits per heavy atom. The second kappa shape index (κ2) is 6.14. The van der Waals surface area contributed by atoms with Crippen LogP contribution in [0, 0.1) is 5.82 Å². The van der Waals surface area contributed by atoms with Crippen LogP contribution in [0.3, 0.4) is 0 Å². The molecule has 4 rings (SSSR count). The van der Waals surface area contributed by atoms with Crippen molar-refractivity contribution < 1.29 is 4.39 Å². The third-order valence-electron chi connectivity index (χ3n) is 3.96. The summed E-state index contributed by atoms with van der Waals surface area (Å²) in [6, 6.07) is 17.3. The lowest BCUT2D eigenvalue weighted by Gasteiger charge is -2.05. The van der Waals surface area contributed by atoms with Crippen LogP contribution in [0.15, 0.2) is 70.3 Å². The quantitative estimate of drug-likeness (QED) is 0.612. The molecule has 2 heterocycles. The number of H-pyrrole nitrogens is 1. The number of halogens is 1. The molecular weight excluding hydrogens is 339 g/mol. The maximum atomic E-state index is 13.3. The third kappa shape index (κ3) is 2.92. The number of hydrogen-bond donors (Lipinski definition) is 1. The van der Waals surface area contributed by atoms with Gasteiger partial charge in [0, 0.05) is 4.88 Å². The van der Waals surface area contributed by atoms with E-state index >= 15 is 0 Å². The summed E-state index contributed by atoms with van der Waals surface area (Å²) in [5.74, 6) is -0.398. The average Bonchev–Trinajstić information content (AvgIpc) is 3.04. The largest absolute Gasteiger partial charge is 0.329 e. The number of fused-ring (bicyclic) bond motifs is 1. The van der Waals surface area contributed by atoms with Crippen LogP contribution >= 0.6 is 11.3 Å². The molecule has 0 bridgehead atoms. The molecule has 6 heteroatoms. The van der Waals surface area contributed by atoms with E-state index in [4.69, 9.17) is 0 Å². The molecule has 4 aromatic rings. The lowest BCUT2D eigenvalue weighted by molar-refractivity contribution is 0.621. The Balaban J connectivity index is 1.84. The molecule has 2 aromatic heterocycles. The highest BCUT2D eigenvalue weighted by molar-refractivity contribution is 7.21. The third-order valence-corrected chi connectivity index (χ3v) is 5.06. The number of hydrogen-bond acceptors (Lipinski definition) is 3. The van der Waals surface area contributed by atoms with Gasteiger partial charge in [-0.1, -0.05) is 42.5 Å². The van der Waals surface area contributed by atoms with Crippen LogP contribution in [0.5, 0.6) is 0 Å². The van der Waals surface area contributed by atoms with Crippen molar-refractivity contribution in [1.29, 1.82) is 0 Å². The Bertz CT molecular complexity index is 1180. The lowest BCUT2D eigenvalue weighted by Crippen LogP contribution is -2.34. The van der Waals surface area contributed by atoms with E-state index < -0.39 is 11.5 Å². The van der Waals surface area contributed by atoms with Crippen molar-refractivity contribution in [2.45, 2.75) is 6.54 Å². The number of nitrogens with zero attached hydrogens (tertiary/aromatic N) is 1. The van der Waals surface area contributed by atoms with Gasteiger partial charge in [0.2, 0.25) is 0 Å². The molecule has 0 aliphatic rings. The van der Waals surface area contributed by atoms with Gasteiger partial charge in [0.1, 0.15) is 10.6 Å². The minimum absolute atomic E-state index is 0.0262. The highest BCUT2D eigenvalue weighted by atomic mass is 32.1. The van der Waals surface area contributed by atoms with E-state index in [0.29, 0.717) is 15.8 Å². The van der Waals surface area contributed by atoms with E-state index in [1.54, 1.807) is 18.2 Å². The Labute approximate surface area is 145 Å². The summed E-state index contributed by atoms with van der Waals surface area (Å²) in [7, 11) is 0. The molecule has 1 N–H and O–H groups in total. The van der Waals surface area contributed by atoms with Crippen LogP contribution in [0.4, 0.5) is 4.39 Å². The van der Waals surface area contributed by atoms with Gasteiger partial charge in [0.05, 0.1) is 11.9 Å². The topological polar surface area (TPSA) is 54.9 Å². The number of nitrogens with one attached hydrogen (secondary N) is 1. The Morgan fingerprint density at radius 2 is 1.80 bits per heavy atom. The molecule has 0 unspecified atom stereocenters. The number of thiophene rings is 1. The normalized spacial score (nSPS) is 11.1. The highest BCUT2D eigenvalue weighted by Gasteiger charge is 2.12. The average molecular weight is 352 g/mol.